The standard InChI is InChI=1S/C18H20N2O3/c1-13(2)14-8-10-16(11-9-14)23-12-17(21)19-20-18(22)15-6-4-3-5-7-15/h3-11,13H,12H2,1-2H3,(H,19,21)(H,20,22). The van der Waals surface area contributed by atoms with Crippen molar-refractivity contribution in [3.05, 3.63) is 65.7 Å². The van der Waals surface area contributed by atoms with Crippen LogP contribution in [0, 0.1) is 0 Å². The second kappa shape index (κ2) is 7.98. The Labute approximate surface area is 135 Å². The summed E-state index contributed by atoms with van der Waals surface area (Å²) < 4.78 is 5.38. The molecule has 120 valence electrons. The Balaban J connectivity index is 1.76. The summed E-state index contributed by atoms with van der Waals surface area (Å²) in [6, 6.07) is 16.2. The summed E-state index contributed by atoms with van der Waals surface area (Å²) in [4.78, 5) is 23.4. The highest BCUT2D eigenvalue weighted by molar-refractivity contribution is 5.95. The van der Waals surface area contributed by atoms with Gasteiger partial charge >= 0.3 is 0 Å². The molecule has 0 unspecified atom stereocenters. The molecule has 2 N–H and O–H groups in total. The first kappa shape index (κ1) is 16.5. The Morgan fingerprint density at radius 1 is 0.957 bits per heavy atom. The van der Waals surface area contributed by atoms with Crippen LogP contribution in [0.25, 0.3) is 0 Å². The molecule has 0 fully saturated rings. The maximum Gasteiger partial charge on any atom is 0.276 e. The number of amides is 2. The Morgan fingerprint density at radius 2 is 1.61 bits per heavy atom. The van der Waals surface area contributed by atoms with E-state index in [1.165, 1.54) is 5.56 Å². The minimum Gasteiger partial charge on any atom is -0.484 e. The number of hydrazine groups is 1. The molecule has 0 aliphatic heterocycles. The third kappa shape index (κ3) is 5.14. The van der Waals surface area contributed by atoms with Crippen LogP contribution in [0.2, 0.25) is 0 Å². The van der Waals surface area contributed by atoms with Gasteiger partial charge in [-0.15, -0.1) is 0 Å². The number of benzene rings is 2. The van der Waals surface area contributed by atoms with Gasteiger partial charge in [-0.05, 0) is 35.7 Å². The molecule has 2 aromatic rings. The van der Waals surface area contributed by atoms with E-state index in [2.05, 4.69) is 24.7 Å². The lowest BCUT2D eigenvalue weighted by Gasteiger charge is -2.10. The molecule has 2 rings (SSSR count). The van der Waals surface area contributed by atoms with Gasteiger partial charge in [0.25, 0.3) is 11.8 Å². The minimum absolute atomic E-state index is 0.171. The van der Waals surface area contributed by atoms with Crippen LogP contribution >= 0.6 is 0 Å². The van der Waals surface area contributed by atoms with E-state index in [1.54, 1.807) is 24.3 Å². The van der Waals surface area contributed by atoms with Gasteiger partial charge in [-0.1, -0.05) is 44.2 Å². The highest BCUT2D eigenvalue weighted by atomic mass is 16.5. The lowest BCUT2D eigenvalue weighted by atomic mass is 10.0. The lowest BCUT2D eigenvalue weighted by molar-refractivity contribution is -0.123. The van der Waals surface area contributed by atoms with Gasteiger partial charge in [0.1, 0.15) is 5.75 Å². The van der Waals surface area contributed by atoms with Crippen LogP contribution in [0.4, 0.5) is 0 Å². The quantitative estimate of drug-likeness (QED) is 0.834. The van der Waals surface area contributed by atoms with Crippen molar-refractivity contribution < 1.29 is 14.3 Å². The molecule has 2 aromatic carbocycles. The van der Waals surface area contributed by atoms with E-state index in [4.69, 9.17) is 4.74 Å². The summed E-state index contributed by atoms with van der Waals surface area (Å²) in [5.74, 6) is 0.252. The van der Waals surface area contributed by atoms with Crippen LogP contribution in [-0.2, 0) is 4.79 Å². The number of carbonyl (C=O) groups is 2. The summed E-state index contributed by atoms with van der Waals surface area (Å²) in [6.45, 7) is 4.05. The first-order valence-electron chi connectivity index (χ1n) is 7.43. The molecule has 5 heteroatoms. The van der Waals surface area contributed by atoms with Crippen molar-refractivity contribution in [2.45, 2.75) is 19.8 Å². The van der Waals surface area contributed by atoms with Gasteiger partial charge in [-0.25, -0.2) is 0 Å². The molecule has 0 aromatic heterocycles. The zero-order valence-electron chi connectivity index (χ0n) is 13.2. The van der Waals surface area contributed by atoms with E-state index >= 15 is 0 Å². The van der Waals surface area contributed by atoms with Crippen LogP contribution in [0.5, 0.6) is 5.75 Å². The molecule has 0 saturated carbocycles. The fourth-order valence-electron chi connectivity index (χ4n) is 1.92. The highest BCUT2D eigenvalue weighted by Crippen LogP contribution is 2.18. The van der Waals surface area contributed by atoms with Crippen molar-refractivity contribution in [1.82, 2.24) is 10.9 Å². The summed E-state index contributed by atoms with van der Waals surface area (Å²) >= 11 is 0. The molecule has 0 saturated heterocycles. The van der Waals surface area contributed by atoms with Gasteiger partial charge < -0.3 is 4.74 Å². The highest BCUT2D eigenvalue weighted by Gasteiger charge is 2.07. The van der Waals surface area contributed by atoms with Gasteiger partial charge in [-0.3, -0.25) is 20.4 Å². The molecular formula is C18H20N2O3. The van der Waals surface area contributed by atoms with Crippen molar-refractivity contribution in [2.24, 2.45) is 0 Å². The summed E-state index contributed by atoms with van der Waals surface area (Å²) in [7, 11) is 0. The summed E-state index contributed by atoms with van der Waals surface area (Å²) in [6.07, 6.45) is 0. The molecule has 0 aliphatic carbocycles. The normalized spacial score (nSPS) is 10.2. The van der Waals surface area contributed by atoms with E-state index in [0.29, 0.717) is 17.2 Å². The molecule has 23 heavy (non-hydrogen) atoms. The Kier molecular flexibility index (Phi) is 5.74. The predicted octanol–water partition coefficient (Wildman–Crippen LogP) is 2.65. The number of hydrogen-bond donors (Lipinski definition) is 2. The number of nitrogens with one attached hydrogen (secondary N) is 2. The number of hydrogen-bond acceptors (Lipinski definition) is 3. The molecule has 5 nitrogen and oxygen atoms in total. The van der Waals surface area contributed by atoms with E-state index < -0.39 is 5.91 Å². The van der Waals surface area contributed by atoms with Gasteiger partial charge in [0, 0.05) is 5.56 Å². The topological polar surface area (TPSA) is 67.4 Å². The van der Waals surface area contributed by atoms with Crippen molar-refractivity contribution in [3.63, 3.8) is 0 Å². The molecule has 0 radical (unpaired) electrons. The average molecular weight is 312 g/mol. The smallest absolute Gasteiger partial charge is 0.276 e. The van der Waals surface area contributed by atoms with Crippen molar-refractivity contribution in [3.8, 4) is 5.75 Å². The van der Waals surface area contributed by atoms with Crippen molar-refractivity contribution in [1.29, 1.82) is 0 Å². The van der Waals surface area contributed by atoms with Gasteiger partial charge in [0.15, 0.2) is 6.61 Å². The molecule has 0 aliphatic rings. The molecule has 2 amide bonds. The van der Waals surface area contributed by atoms with Gasteiger partial charge in [0.05, 0.1) is 0 Å². The minimum atomic E-state index is -0.429. The summed E-state index contributed by atoms with van der Waals surface area (Å²) in [5.41, 5.74) is 6.33. The second-order valence-corrected chi connectivity index (χ2v) is 5.38. The van der Waals surface area contributed by atoms with E-state index in [1.807, 2.05) is 30.3 Å². The van der Waals surface area contributed by atoms with Crippen molar-refractivity contribution >= 4 is 11.8 Å². The van der Waals surface area contributed by atoms with E-state index in [9.17, 15) is 9.59 Å². The molecule has 0 heterocycles. The lowest BCUT2D eigenvalue weighted by Crippen LogP contribution is -2.43. The van der Waals surface area contributed by atoms with Crippen LogP contribution in [0.3, 0.4) is 0 Å². The number of rotatable bonds is 5. The van der Waals surface area contributed by atoms with Crippen LogP contribution < -0.4 is 15.6 Å². The maximum atomic E-state index is 11.8. The maximum absolute atomic E-state index is 11.8. The summed E-state index contributed by atoms with van der Waals surface area (Å²) in [5, 5.41) is 0. The van der Waals surface area contributed by atoms with Crippen molar-refractivity contribution in [2.75, 3.05) is 6.61 Å². The van der Waals surface area contributed by atoms with Gasteiger partial charge in [0.2, 0.25) is 0 Å². The fourth-order valence-corrected chi connectivity index (χ4v) is 1.92. The van der Waals surface area contributed by atoms with Crippen LogP contribution in [0.15, 0.2) is 54.6 Å². The van der Waals surface area contributed by atoms with Crippen LogP contribution in [0.1, 0.15) is 35.7 Å². The third-order valence-electron chi connectivity index (χ3n) is 3.27. The number of ether oxygens (including phenoxy) is 1. The fraction of sp³-hybridized carbons (Fsp3) is 0.222. The Bertz CT molecular complexity index is 652. The zero-order valence-corrected chi connectivity index (χ0v) is 13.2. The third-order valence-corrected chi connectivity index (χ3v) is 3.27. The average Bonchev–Trinajstić information content (AvgIpc) is 2.59. The van der Waals surface area contributed by atoms with E-state index in [0.717, 1.165) is 0 Å². The van der Waals surface area contributed by atoms with E-state index in [-0.39, 0.29) is 12.5 Å². The van der Waals surface area contributed by atoms with Crippen LogP contribution in [-0.4, -0.2) is 18.4 Å². The predicted molar refractivity (Wildman–Crippen MR) is 88.1 cm³/mol. The largest absolute Gasteiger partial charge is 0.484 e. The number of carbonyl (C=O) groups excluding carboxylic acids is 2. The van der Waals surface area contributed by atoms with Gasteiger partial charge in [-0.2, -0.15) is 0 Å². The Morgan fingerprint density at radius 3 is 2.22 bits per heavy atom. The first-order chi connectivity index (χ1) is 11.1. The molecule has 0 bridgehead atoms. The SMILES string of the molecule is CC(C)c1ccc(OCC(=O)NNC(=O)c2ccccc2)cc1. The molecule has 0 atom stereocenters. The Hall–Kier alpha value is -2.82. The first-order valence-corrected chi connectivity index (χ1v) is 7.43. The molecule has 0 spiro atoms. The molecular weight excluding hydrogens is 292 g/mol. The second-order valence-electron chi connectivity index (χ2n) is 5.38. The monoisotopic (exact) mass is 312 g/mol. The zero-order chi connectivity index (χ0) is 16.7.